The molecule has 1 fully saturated rings. The molecule has 2 aromatic rings. The van der Waals surface area contributed by atoms with E-state index in [2.05, 4.69) is 20.6 Å². The number of anilines is 4. The molecule has 7 nitrogen and oxygen atoms in total. The van der Waals surface area contributed by atoms with Crippen LogP contribution in [0.2, 0.25) is 0 Å². The number of ether oxygens (including phenoxy) is 2. The largest absolute Gasteiger partial charge is 0.497 e. The third-order valence-electron chi connectivity index (χ3n) is 3.74. The normalized spacial score (nSPS) is 17.0. The molecular weight excluding hydrogens is 294 g/mol. The zero-order valence-electron chi connectivity index (χ0n) is 13.1. The molecule has 1 aromatic heterocycles. The highest BCUT2D eigenvalue weighted by atomic mass is 16.5. The van der Waals surface area contributed by atoms with E-state index in [1.54, 1.807) is 7.11 Å². The number of rotatable bonds is 6. The summed E-state index contributed by atoms with van der Waals surface area (Å²) in [6.07, 6.45) is 3.87. The minimum atomic E-state index is 0.221. The van der Waals surface area contributed by atoms with Gasteiger partial charge < -0.3 is 25.8 Å². The van der Waals surface area contributed by atoms with Crippen molar-refractivity contribution in [3.8, 4) is 5.75 Å². The van der Waals surface area contributed by atoms with Gasteiger partial charge in [0.15, 0.2) is 11.6 Å². The zero-order chi connectivity index (χ0) is 16.1. The number of aromatic nitrogens is 2. The second-order valence-electron chi connectivity index (χ2n) is 5.36. The summed E-state index contributed by atoms with van der Waals surface area (Å²) in [5.41, 5.74) is 7.49. The average molecular weight is 315 g/mol. The Kier molecular flexibility index (Phi) is 4.77. The van der Waals surface area contributed by atoms with Gasteiger partial charge in [-0.3, -0.25) is 0 Å². The molecule has 3 rings (SSSR count). The number of hydrogen-bond acceptors (Lipinski definition) is 7. The van der Waals surface area contributed by atoms with Crippen LogP contribution in [0, 0.1) is 0 Å². The Morgan fingerprint density at radius 3 is 3.00 bits per heavy atom. The summed E-state index contributed by atoms with van der Waals surface area (Å²) in [5, 5.41) is 6.43. The molecule has 0 amide bonds. The van der Waals surface area contributed by atoms with E-state index in [4.69, 9.17) is 15.2 Å². The van der Waals surface area contributed by atoms with E-state index in [9.17, 15) is 0 Å². The Labute approximate surface area is 135 Å². The van der Waals surface area contributed by atoms with Gasteiger partial charge in [-0.2, -0.15) is 0 Å². The smallest absolute Gasteiger partial charge is 0.159 e. The molecule has 23 heavy (non-hydrogen) atoms. The van der Waals surface area contributed by atoms with Crippen LogP contribution in [0.3, 0.4) is 0 Å². The molecule has 0 saturated carbocycles. The van der Waals surface area contributed by atoms with E-state index in [1.807, 2.05) is 24.3 Å². The first-order chi connectivity index (χ1) is 11.3. The van der Waals surface area contributed by atoms with Gasteiger partial charge in [0.1, 0.15) is 17.8 Å². The lowest BCUT2D eigenvalue weighted by Crippen LogP contribution is -2.20. The summed E-state index contributed by atoms with van der Waals surface area (Å²) in [6, 6.07) is 7.57. The van der Waals surface area contributed by atoms with Crippen LogP contribution in [0.5, 0.6) is 5.75 Å². The minimum absolute atomic E-state index is 0.221. The van der Waals surface area contributed by atoms with Crippen LogP contribution in [0.4, 0.5) is 23.0 Å². The molecule has 1 aliphatic rings. The van der Waals surface area contributed by atoms with Gasteiger partial charge in [-0.05, 0) is 25.0 Å². The number of methoxy groups -OCH3 is 1. The molecule has 4 N–H and O–H groups in total. The first kappa shape index (κ1) is 15.4. The molecule has 0 radical (unpaired) electrons. The lowest BCUT2D eigenvalue weighted by molar-refractivity contribution is 0.120. The van der Waals surface area contributed by atoms with Crippen LogP contribution >= 0.6 is 0 Å². The molecule has 1 aromatic carbocycles. The van der Waals surface area contributed by atoms with E-state index < -0.39 is 0 Å². The van der Waals surface area contributed by atoms with E-state index >= 15 is 0 Å². The highest BCUT2D eigenvalue weighted by molar-refractivity contribution is 5.77. The van der Waals surface area contributed by atoms with Crippen molar-refractivity contribution in [3.63, 3.8) is 0 Å². The number of nitrogen functional groups attached to an aromatic ring is 1. The van der Waals surface area contributed by atoms with Crippen molar-refractivity contribution in [2.45, 2.75) is 18.9 Å². The monoisotopic (exact) mass is 315 g/mol. The van der Waals surface area contributed by atoms with Gasteiger partial charge in [0.05, 0.1) is 13.2 Å². The highest BCUT2D eigenvalue weighted by Gasteiger charge is 2.16. The van der Waals surface area contributed by atoms with Crippen LogP contribution in [0.25, 0.3) is 0 Å². The molecule has 1 saturated heterocycles. The maximum Gasteiger partial charge on any atom is 0.159 e. The predicted octanol–water partition coefficient (Wildman–Crippen LogP) is 2.40. The van der Waals surface area contributed by atoms with Crippen molar-refractivity contribution in [1.29, 1.82) is 0 Å². The molecule has 1 unspecified atom stereocenters. The number of benzene rings is 1. The topological polar surface area (TPSA) is 94.3 Å². The highest BCUT2D eigenvalue weighted by Crippen LogP contribution is 2.27. The van der Waals surface area contributed by atoms with Crippen molar-refractivity contribution in [1.82, 2.24) is 9.97 Å². The van der Waals surface area contributed by atoms with Gasteiger partial charge in [0.2, 0.25) is 0 Å². The van der Waals surface area contributed by atoms with Crippen LogP contribution in [-0.4, -0.2) is 36.3 Å². The van der Waals surface area contributed by atoms with Crippen LogP contribution in [-0.2, 0) is 4.74 Å². The Hall–Kier alpha value is -2.54. The summed E-state index contributed by atoms with van der Waals surface area (Å²) in [4.78, 5) is 8.42. The summed E-state index contributed by atoms with van der Waals surface area (Å²) in [7, 11) is 1.63. The van der Waals surface area contributed by atoms with Gasteiger partial charge in [-0.25, -0.2) is 9.97 Å². The minimum Gasteiger partial charge on any atom is -0.497 e. The SMILES string of the molecule is COc1cccc(Nc2ncnc(NCC3CCCO3)c2N)c1. The lowest BCUT2D eigenvalue weighted by atomic mass is 10.2. The van der Waals surface area contributed by atoms with Crippen molar-refractivity contribution >= 4 is 23.0 Å². The second-order valence-corrected chi connectivity index (χ2v) is 5.36. The maximum absolute atomic E-state index is 6.16. The number of hydrogen-bond donors (Lipinski definition) is 3. The molecule has 1 atom stereocenters. The van der Waals surface area contributed by atoms with Gasteiger partial charge in [-0.1, -0.05) is 6.07 Å². The average Bonchev–Trinajstić information content (AvgIpc) is 3.09. The van der Waals surface area contributed by atoms with E-state index in [-0.39, 0.29) is 6.10 Å². The third kappa shape index (κ3) is 3.81. The fraction of sp³-hybridized carbons (Fsp3) is 0.375. The van der Waals surface area contributed by atoms with Crippen molar-refractivity contribution in [2.24, 2.45) is 0 Å². The zero-order valence-corrected chi connectivity index (χ0v) is 13.1. The third-order valence-corrected chi connectivity index (χ3v) is 3.74. The van der Waals surface area contributed by atoms with Gasteiger partial charge in [-0.15, -0.1) is 0 Å². The van der Waals surface area contributed by atoms with Crippen LogP contribution in [0.1, 0.15) is 12.8 Å². The summed E-state index contributed by atoms with van der Waals surface area (Å²) < 4.78 is 10.8. The van der Waals surface area contributed by atoms with Crippen LogP contribution < -0.4 is 21.1 Å². The Morgan fingerprint density at radius 2 is 2.22 bits per heavy atom. The number of nitrogens with two attached hydrogens (primary N) is 1. The van der Waals surface area contributed by atoms with Crippen molar-refractivity contribution < 1.29 is 9.47 Å². The lowest BCUT2D eigenvalue weighted by Gasteiger charge is -2.15. The van der Waals surface area contributed by atoms with Crippen molar-refractivity contribution in [3.05, 3.63) is 30.6 Å². The summed E-state index contributed by atoms with van der Waals surface area (Å²) >= 11 is 0. The first-order valence-corrected chi connectivity index (χ1v) is 7.63. The molecule has 0 spiro atoms. The quantitative estimate of drug-likeness (QED) is 0.753. The molecule has 122 valence electrons. The molecule has 2 heterocycles. The predicted molar refractivity (Wildman–Crippen MR) is 90.2 cm³/mol. The fourth-order valence-electron chi connectivity index (χ4n) is 2.49. The van der Waals surface area contributed by atoms with Crippen molar-refractivity contribution in [2.75, 3.05) is 36.6 Å². The standard InChI is InChI=1S/C16H21N5O2/c1-22-12-5-2-4-11(8-12)21-16-14(17)15(19-10-20-16)18-9-13-6-3-7-23-13/h2,4-5,8,10,13H,3,6-7,9,17H2,1H3,(H2,18,19,20,21). The molecule has 0 bridgehead atoms. The molecule has 0 aliphatic carbocycles. The molecule has 1 aliphatic heterocycles. The summed E-state index contributed by atoms with van der Waals surface area (Å²) in [5.74, 6) is 1.93. The Balaban J connectivity index is 1.70. The van der Waals surface area contributed by atoms with Gasteiger partial charge >= 0.3 is 0 Å². The van der Waals surface area contributed by atoms with E-state index in [0.717, 1.165) is 30.9 Å². The Morgan fingerprint density at radius 1 is 1.35 bits per heavy atom. The molecular formula is C16H21N5O2. The Bertz CT molecular complexity index is 659. The number of nitrogens with one attached hydrogen (secondary N) is 2. The van der Waals surface area contributed by atoms with Crippen LogP contribution in [0.15, 0.2) is 30.6 Å². The number of nitrogens with zero attached hydrogens (tertiary/aromatic N) is 2. The summed E-state index contributed by atoms with van der Waals surface area (Å²) in [6.45, 7) is 1.52. The molecule has 7 heteroatoms. The maximum atomic E-state index is 6.16. The second kappa shape index (κ2) is 7.15. The van der Waals surface area contributed by atoms with Gasteiger partial charge in [0.25, 0.3) is 0 Å². The van der Waals surface area contributed by atoms with E-state index in [0.29, 0.717) is 23.9 Å². The fourth-order valence-corrected chi connectivity index (χ4v) is 2.49. The first-order valence-electron chi connectivity index (χ1n) is 7.63. The van der Waals surface area contributed by atoms with E-state index in [1.165, 1.54) is 6.33 Å². The van der Waals surface area contributed by atoms with Gasteiger partial charge in [0, 0.05) is 24.9 Å².